The zero-order valence-electron chi connectivity index (χ0n) is 21.2. The van der Waals surface area contributed by atoms with Gasteiger partial charge in [-0.05, 0) is 45.3 Å². The maximum atomic E-state index is 13.7. The van der Waals surface area contributed by atoms with Crippen molar-refractivity contribution in [2.45, 2.75) is 24.0 Å². The maximum Gasteiger partial charge on any atom is 0.325 e. The fourth-order valence-electron chi connectivity index (χ4n) is 5.12. The number of thioether (sulfide) groups is 1. The molecule has 7 nitrogen and oxygen atoms in total. The van der Waals surface area contributed by atoms with Crippen molar-refractivity contribution >= 4 is 45.7 Å². The molecule has 4 aromatic carbocycles. The van der Waals surface area contributed by atoms with Gasteiger partial charge < -0.3 is 4.74 Å². The lowest BCUT2D eigenvalue weighted by Crippen LogP contribution is -2.60. The lowest BCUT2D eigenvalue weighted by molar-refractivity contribution is -0.763. The molecular formula is C30H24ClN4O3S+. The van der Waals surface area contributed by atoms with Gasteiger partial charge in [-0.3, -0.25) is 14.6 Å². The van der Waals surface area contributed by atoms with Gasteiger partial charge in [-0.15, -0.1) is 0 Å². The minimum Gasteiger partial charge on any atom is -0.496 e. The number of carbonyl (C=O) groups excluding carboxylic acids is 1. The normalized spacial score (nSPS) is 14.1. The molecule has 1 unspecified atom stereocenters. The number of para-hydroxylation sites is 1. The highest BCUT2D eigenvalue weighted by Gasteiger charge is 2.46. The van der Waals surface area contributed by atoms with E-state index < -0.39 is 6.17 Å². The Morgan fingerprint density at radius 3 is 2.59 bits per heavy atom. The number of hydrogen-bond acceptors (Lipinski definition) is 5. The number of amides is 1. The van der Waals surface area contributed by atoms with Crippen molar-refractivity contribution < 1.29 is 14.2 Å². The van der Waals surface area contributed by atoms with E-state index in [0.29, 0.717) is 38.6 Å². The van der Waals surface area contributed by atoms with E-state index in [4.69, 9.17) is 21.4 Å². The number of methoxy groups -OCH3 is 1. The first kappa shape index (κ1) is 25.2. The molecule has 0 aliphatic carbocycles. The number of aromatic nitrogens is 3. The number of benzene rings is 4. The van der Waals surface area contributed by atoms with Crippen molar-refractivity contribution in [3.63, 3.8) is 0 Å². The molecule has 0 radical (unpaired) electrons. The monoisotopic (exact) mass is 555 g/mol. The van der Waals surface area contributed by atoms with Crippen molar-refractivity contribution in [1.82, 2.24) is 10.1 Å². The Morgan fingerprint density at radius 2 is 1.79 bits per heavy atom. The van der Waals surface area contributed by atoms with Gasteiger partial charge in [0.25, 0.3) is 6.17 Å². The molecule has 1 aliphatic heterocycles. The number of H-pyrrole nitrogens is 1. The van der Waals surface area contributed by atoms with Gasteiger partial charge in [0, 0.05) is 22.8 Å². The number of anilines is 1. The van der Waals surface area contributed by atoms with Crippen LogP contribution in [0.5, 0.6) is 5.75 Å². The number of carbonyl (C=O) groups is 1. The average molecular weight is 556 g/mol. The maximum absolute atomic E-state index is 13.7. The first-order chi connectivity index (χ1) is 19.0. The molecule has 0 spiro atoms. The Hall–Kier alpha value is -4.14. The average Bonchev–Trinajstić information content (AvgIpc) is 2.95. The molecule has 0 bridgehead atoms. The summed E-state index contributed by atoms with van der Waals surface area (Å²) in [4.78, 5) is 31.7. The van der Waals surface area contributed by atoms with Gasteiger partial charge >= 0.3 is 11.3 Å². The number of rotatable bonds is 5. The first-order valence-corrected chi connectivity index (χ1v) is 13.7. The summed E-state index contributed by atoms with van der Waals surface area (Å²) in [5.41, 5.74) is 2.99. The van der Waals surface area contributed by atoms with Gasteiger partial charge in [0.1, 0.15) is 5.75 Å². The van der Waals surface area contributed by atoms with Crippen molar-refractivity contribution in [2.75, 3.05) is 12.0 Å². The molecule has 0 fully saturated rings. The number of nitrogens with one attached hydrogen (secondary N) is 1. The predicted molar refractivity (Wildman–Crippen MR) is 153 cm³/mol. The Labute approximate surface area is 234 Å². The number of hydrogen-bond donors (Lipinski definition) is 1. The Bertz CT molecular complexity index is 1810. The third-order valence-corrected chi connectivity index (χ3v) is 8.11. The molecule has 194 valence electrons. The van der Waals surface area contributed by atoms with Crippen LogP contribution in [0.15, 0.2) is 94.9 Å². The van der Waals surface area contributed by atoms with E-state index in [-0.39, 0.29) is 11.5 Å². The van der Waals surface area contributed by atoms with E-state index in [2.05, 4.69) is 4.98 Å². The molecule has 1 N–H and O–H groups in total. The largest absolute Gasteiger partial charge is 0.496 e. The summed E-state index contributed by atoms with van der Waals surface area (Å²) in [6.45, 7) is 1.52. The quantitative estimate of drug-likeness (QED) is 0.221. The van der Waals surface area contributed by atoms with E-state index in [1.807, 2.05) is 84.9 Å². The van der Waals surface area contributed by atoms with Gasteiger partial charge in [0.05, 0.1) is 23.9 Å². The summed E-state index contributed by atoms with van der Waals surface area (Å²) >= 11 is 7.74. The number of nitrogens with zero attached hydrogens (tertiary/aromatic N) is 3. The van der Waals surface area contributed by atoms with Crippen LogP contribution in [0.25, 0.3) is 22.0 Å². The summed E-state index contributed by atoms with van der Waals surface area (Å²) in [6.07, 6.45) is -0.768. The van der Waals surface area contributed by atoms with Crippen LogP contribution in [-0.2, 0) is 10.5 Å². The molecule has 9 heteroatoms. The molecule has 1 atom stereocenters. The zero-order chi connectivity index (χ0) is 27.1. The van der Waals surface area contributed by atoms with Crippen LogP contribution in [0.2, 0.25) is 5.02 Å². The van der Waals surface area contributed by atoms with E-state index in [1.165, 1.54) is 18.7 Å². The highest BCUT2D eigenvalue weighted by Crippen LogP contribution is 2.42. The Kier molecular flexibility index (Phi) is 6.58. The minimum atomic E-state index is -0.768. The van der Waals surface area contributed by atoms with Gasteiger partial charge in [-0.25, -0.2) is 4.90 Å². The van der Waals surface area contributed by atoms with Crippen LogP contribution in [0, 0.1) is 0 Å². The molecule has 1 aliphatic rings. The topological polar surface area (TPSA) is 79.2 Å². The summed E-state index contributed by atoms with van der Waals surface area (Å²) in [6, 6.07) is 26.7. The minimum absolute atomic E-state index is 0.187. The van der Waals surface area contributed by atoms with Gasteiger partial charge in [0.2, 0.25) is 11.1 Å². The highest BCUT2D eigenvalue weighted by atomic mass is 35.5. The smallest absolute Gasteiger partial charge is 0.325 e. The molecular weight excluding hydrogens is 532 g/mol. The van der Waals surface area contributed by atoms with Crippen molar-refractivity contribution in [2.24, 2.45) is 0 Å². The van der Waals surface area contributed by atoms with E-state index >= 15 is 0 Å². The summed E-state index contributed by atoms with van der Waals surface area (Å²) in [7, 11) is 1.60. The second-order valence-corrected chi connectivity index (χ2v) is 10.5. The molecule has 1 aromatic heterocycles. The number of ether oxygens (including phenoxy) is 1. The Balaban J connectivity index is 1.61. The lowest BCUT2D eigenvalue weighted by atomic mass is 9.96. The molecule has 5 aromatic rings. The van der Waals surface area contributed by atoms with Crippen LogP contribution < -0.4 is 19.9 Å². The van der Waals surface area contributed by atoms with Crippen molar-refractivity contribution in [3.8, 4) is 17.0 Å². The number of halogens is 1. The molecule has 0 saturated carbocycles. The second-order valence-electron chi connectivity index (χ2n) is 9.12. The summed E-state index contributed by atoms with van der Waals surface area (Å²) in [5.74, 6) is 0.917. The van der Waals surface area contributed by atoms with Crippen molar-refractivity contribution in [1.29, 1.82) is 0 Å². The second kappa shape index (κ2) is 10.2. The molecule has 0 saturated heterocycles. The summed E-state index contributed by atoms with van der Waals surface area (Å²) < 4.78 is 7.49. The van der Waals surface area contributed by atoms with Gasteiger partial charge in [0.15, 0.2) is 0 Å². The van der Waals surface area contributed by atoms with Crippen LogP contribution in [-0.4, -0.2) is 23.1 Å². The summed E-state index contributed by atoms with van der Waals surface area (Å²) in [5, 5.41) is 7.86. The lowest BCUT2D eigenvalue weighted by Gasteiger charge is -2.32. The molecule has 6 rings (SSSR count). The Morgan fingerprint density at radius 1 is 1.05 bits per heavy atom. The molecule has 1 amide bonds. The highest BCUT2D eigenvalue weighted by molar-refractivity contribution is 7.98. The van der Waals surface area contributed by atoms with Crippen LogP contribution in [0.3, 0.4) is 0 Å². The van der Waals surface area contributed by atoms with Crippen LogP contribution in [0.4, 0.5) is 5.69 Å². The fraction of sp³-hybridized carbons (Fsp3) is 0.133. The molecule has 2 heterocycles. The van der Waals surface area contributed by atoms with Gasteiger partial charge in [-0.1, -0.05) is 84.0 Å². The number of aromatic amines is 1. The standard InChI is InChI=1S/C30H23ClN4O3S/c1-18(36)34-24-14-8-6-12-22(24)27-28(37)32-30(39-17-20-10-4-7-13-23(20)31)33-35(27)29(34)26-21-11-5-3-9-19(21)15-16-25(26)38-2/h3-16,29H,17H2,1-2H3/p+1. The van der Waals surface area contributed by atoms with E-state index in [1.54, 1.807) is 16.7 Å². The predicted octanol–water partition coefficient (Wildman–Crippen LogP) is 5.75. The van der Waals surface area contributed by atoms with E-state index in [9.17, 15) is 9.59 Å². The number of fused-ring (bicyclic) bond motifs is 4. The fourth-order valence-corrected chi connectivity index (χ4v) is 6.26. The van der Waals surface area contributed by atoms with Crippen LogP contribution in [0.1, 0.15) is 24.2 Å². The zero-order valence-corrected chi connectivity index (χ0v) is 22.8. The third-order valence-electron chi connectivity index (χ3n) is 6.83. The van der Waals surface area contributed by atoms with Crippen molar-refractivity contribution in [3.05, 3.63) is 111 Å². The first-order valence-electron chi connectivity index (χ1n) is 12.3. The third kappa shape index (κ3) is 4.35. The molecule has 39 heavy (non-hydrogen) atoms. The van der Waals surface area contributed by atoms with E-state index in [0.717, 1.165) is 21.9 Å². The van der Waals surface area contributed by atoms with Gasteiger partial charge in [-0.2, -0.15) is 0 Å². The SMILES string of the molecule is COc1ccc2ccccc2c1C1N(C(C)=O)c2ccccc2-c2c(=O)[nH]c(SCc3ccccc3Cl)n[n+]21. The van der Waals surface area contributed by atoms with Crippen LogP contribution >= 0.6 is 23.4 Å².